The van der Waals surface area contributed by atoms with Gasteiger partial charge in [0.15, 0.2) is 0 Å². The van der Waals surface area contributed by atoms with Gasteiger partial charge in [0.1, 0.15) is 13.2 Å². The molecule has 0 aliphatic heterocycles. The Kier molecular flexibility index (Phi) is 19.9. The number of rotatable bonds is 20. The lowest BCUT2D eigenvalue weighted by molar-refractivity contribution is -0.143. The Morgan fingerprint density at radius 3 is 1.33 bits per heavy atom. The zero-order valence-corrected chi connectivity index (χ0v) is 19.2. The Bertz CT molecular complexity index is 409. The van der Waals surface area contributed by atoms with Crippen LogP contribution >= 0.6 is 0 Å². The highest BCUT2D eigenvalue weighted by atomic mass is 16.5. The Morgan fingerprint density at radius 1 is 0.633 bits per heavy atom. The second-order valence-electron chi connectivity index (χ2n) is 8.01. The Balaban J connectivity index is 3.73. The zero-order valence-electron chi connectivity index (χ0n) is 19.2. The van der Waals surface area contributed by atoms with Crippen LogP contribution < -0.4 is 0 Å². The van der Waals surface area contributed by atoms with Gasteiger partial charge >= 0.3 is 11.9 Å². The molecular formula is C24H44O6. The summed E-state index contributed by atoms with van der Waals surface area (Å²) in [5, 5.41) is 19.7. The summed E-state index contributed by atoms with van der Waals surface area (Å²) in [6.45, 7) is 4.19. The third-order valence-electron chi connectivity index (χ3n) is 4.97. The molecule has 0 radical (unpaired) electrons. The molecule has 0 aliphatic rings. The third-order valence-corrected chi connectivity index (χ3v) is 4.97. The monoisotopic (exact) mass is 428 g/mol. The van der Waals surface area contributed by atoms with Crippen molar-refractivity contribution in [3.05, 3.63) is 12.2 Å². The number of ether oxygens (including phenoxy) is 2. The summed E-state index contributed by atoms with van der Waals surface area (Å²) in [7, 11) is 0. The first-order chi connectivity index (χ1) is 14.5. The molecule has 0 spiro atoms. The summed E-state index contributed by atoms with van der Waals surface area (Å²) in [4.78, 5) is 23.2. The van der Waals surface area contributed by atoms with Crippen LogP contribution in [0.25, 0.3) is 0 Å². The highest BCUT2D eigenvalue weighted by Gasteiger charge is 2.09. The minimum absolute atomic E-state index is 0.0792. The average Bonchev–Trinajstić information content (AvgIpc) is 2.74. The van der Waals surface area contributed by atoms with E-state index < -0.39 is 24.1 Å². The molecule has 2 unspecified atom stereocenters. The number of carbonyl (C=O) groups is 2. The predicted octanol–water partition coefficient (Wildman–Crippen LogP) is 4.85. The maximum Gasteiger partial charge on any atom is 0.331 e. The van der Waals surface area contributed by atoms with E-state index in [1.54, 1.807) is 0 Å². The number of carbonyl (C=O) groups excluding carboxylic acids is 2. The number of aliphatic hydroxyl groups is 2. The van der Waals surface area contributed by atoms with E-state index in [0.717, 1.165) is 37.8 Å². The Morgan fingerprint density at radius 2 is 0.967 bits per heavy atom. The molecule has 0 rings (SSSR count). The first kappa shape index (κ1) is 28.6. The van der Waals surface area contributed by atoms with Gasteiger partial charge in [0.25, 0.3) is 0 Å². The van der Waals surface area contributed by atoms with E-state index in [1.807, 2.05) is 0 Å². The second kappa shape index (κ2) is 20.9. The number of hydrogen-bond donors (Lipinski definition) is 2. The van der Waals surface area contributed by atoms with Crippen molar-refractivity contribution in [1.82, 2.24) is 0 Å². The molecular weight excluding hydrogens is 384 g/mol. The van der Waals surface area contributed by atoms with Crippen LogP contribution in [-0.2, 0) is 19.1 Å². The van der Waals surface area contributed by atoms with Crippen LogP contribution in [0.1, 0.15) is 104 Å². The lowest BCUT2D eigenvalue weighted by Crippen LogP contribution is -2.19. The van der Waals surface area contributed by atoms with Gasteiger partial charge in [-0.05, 0) is 12.8 Å². The topological polar surface area (TPSA) is 93.1 Å². The summed E-state index contributed by atoms with van der Waals surface area (Å²) in [6, 6.07) is 0. The van der Waals surface area contributed by atoms with Crippen molar-refractivity contribution in [2.75, 3.05) is 13.2 Å². The first-order valence-electron chi connectivity index (χ1n) is 11.9. The lowest BCUT2D eigenvalue weighted by atomic mass is 10.1. The van der Waals surface area contributed by atoms with Gasteiger partial charge in [0.2, 0.25) is 0 Å². The van der Waals surface area contributed by atoms with Gasteiger partial charge in [0, 0.05) is 12.2 Å². The van der Waals surface area contributed by atoms with Crippen molar-refractivity contribution >= 4 is 11.9 Å². The van der Waals surface area contributed by atoms with Gasteiger partial charge in [-0.1, -0.05) is 90.9 Å². The van der Waals surface area contributed by atoms with E-state index in [-0.39, 0.29) is 13.2 Å². The van der Waals surface area contributed by atoms with Gasteiger partial charge in [-0.3, -0.25) is 0 Å². The van der Waals surface area contributed by atoms with Crippen LogP contribution in [0.2, 0.25) is 0 Å². The van der Waals surface area contributed by atoms with Crippen LogP contribution in [0.5, 0.6) is 0 Å². The van der Waals surface area contributed by atoms with E-state index in [2.05, 4.69) is 13.8 Å². The molecule has 0 fully saturated rings. The maximum absolute atomic E-state index is 11.6. The van der Waals surface area contributed by atoms with E-state index in [4.69, 9.17) is 9.47 Å². The summed E-state index contributed by atoms with van der Waals surface area (Å²) in [5.41, 5.74) is 0. The van der Waals surface area contributed by atoms with Crippen molar-refractivity contribution in [2.24, 2.45) is 0 Å². The maximum atomic E-state index is 11.6. The molecule has 0 heterocycles. The van der Waals surface area contributed by atoms with E-state index in [1.165, 1.54) is 51.4 Å². The molecule has 0 amide bonds. The number of unbranched alkanes of at least 4 members (excludes halogenated alkanes) is 10. The Labute approximate surface area is 183 Å². The number of aliphatic hydroxyl groups excluding tert-OH is 2. The minimum Gasteiger partial charge on any atom is -0.460 e. The summed E-state index contributed by atoms with van der Waals surface area (Å²) in [5.74, 6) is -1.39. The molecule has 0 aromatic carbocycles. The average molecular weight is 429 g/mol. The van der Waals surface area contributed by atoms with Crippen molar-refractivity contribution in [1.29, 1.82) is 0 Å². The van der Waals surface area contributed by atoms with Gasteiger partial charge in [-0.15, -0.1) is 0 Å². The number of hydrogen-bond acceptors (Lipinski definition) is 6. The molecule has 176 valence electrons. The quantitative estimate of drug-likeness (QED) is 0.164. The number of esters is 2. The summed E-state index contributed by atoms with van der Waals surface area (Å²) < 4.78 is 9.87. The molecule has 30 heavy (non-hydrogen) atoms. The van der Waals surface area contributed by atoms with Crippen molar-refractivity contribution in [3.8, 4) is 0 Å². The highest BCUT2D eigenvalue weighted by Crippen LogP contribution is 2.10. The van der Waals surface area contributed by atoms with Gasteiger partial charge < -0.3 is 19.7 Å². The summed E-state index contributed by atoms with van der Waals surface area (Å²) >= 11 is 0. The Hall–Kier alpha value is -1.40. The van der Waals surface area contributed by atoms with Gasteiger partial charge in [0.05, 0.1) is 12.2 Å². The molecule has 6 heteroatoms. The largest absolute Gasteiger partial charge is 0.460 e. The molecule has 2 N–H and O–H groups in total. The standard InChI is InChI=1S/C24H44O6/c1-3-5-7-9-11-13-15-21(25)19-29-23(27)17-18-24(28)30-20-22(26)16-14-12-10-8-6-4-2/h17-18,21-22,25-26H,3-16,19-20H2,1-2H3/b18-17+. The van der Waals surface area contributed by atoms with Crippen molar-refractivity contribution in [3.63, 3.8) is 0 Å². The lowest BCUT2D eigenvalue weighted by Gasteiger charge is -2.10. The van der Waals surface area contributed by atoms with Crippen LogP contribution in [0.3, 0.4) is 0 Å². The highest BCUT2D eigenvalue weighted by molar-refractivity contribution is 5.91. The molecule has 0 saturated heterocycles. The van der Waals surface area contributed by atoms with Crippen LogP contribution in [0, 0.1) is 0 Å². The van der Waals surface area contributed by atoms with E-state index in [0.29, 0.717) is 12.8 Å². The van der Waals surface area contributed by atoms with Crippen molar-refractivity contribution < 1.29 is 29.3 Å². The SMILES string of the molecule is CCCCCCCCC(O)COC(=O)/C=C/C(=O)OCC(O)CCCCCCCC. The fraction of sp³-hybridized carbons (Fsp3) is 0.833. The normalized spacial score (nSPS) is 13.3. The van der Waals surface area contributed by atoms with E-state index >= 15 is 0 Å². The van der Waals surface area contributed by atoms with Crippen LogP contribution in [-0.4, -0.2) is 47.6 Å². The zero-order chi connectivity index (χ0) is 22.5. The second-order valence-corrected chi connectivity index (χ2v) is 8.01. The van der Waals surface area contributed by atoms with Crippen LogP contribution in [0.15, 0.2) is 12.2 Å². The van der Waals surface area contributed by atoms with Crippen molar-refractivity contribution in [2.45, 2.75) is 116 Å². The predicted molar refractivity (Wildman–Crippen MR) is 119 cm³/mol. The molecule has 0 aromatic rings. The fourth-order valence-electron chi connectivity index (χ4n) is 3.08. The molecule has 0 aromatic heterocycles. The molecule has 0 bridgehead atoms. The first-order valence-corrected chi connectivity index (χ1v) is 11.9. The van der Waals surface area contributed by atoms with Crippen LogP contribution in [0.4, 0.5) is 0 Å². The van der Waals surface area contributed by atoms with Gasteiger partial charge in [-0.2, -0.15) is 0 Å². The van der Waals surface area contributed by atoms with E-state index in [9.17, 15) is 19.8 Å². The fourth-order valence-corrected chi connectivity index (χ4v) is 3.08. The molecule has 0 aliphatic carbocycles. The van der Waals surface area contributed by atoms with Gasteiger partial charge in [-0.25, -0.2) is 9.59 Å². The minimum atomic E-state index is -0.693. The molecule has 2 atom stereocenters. The smallest absolute Gasteiger partial charge is 0.331 e. The molecule has 6 nitrogen and oxygen atoms in total. The summed E-state index contributed by atoms with van der Waals surface area (Å²) in [6.07, 6.45) is 15.4. The molecule has 0 saturated carbocycles. The third kappa shape index (κ3) is 19.9.